The molecule has 2 aromatic carbocycles. The molecule has 7 heteroatoms. The molecule has 25 heavy (non-hydrogen) atoms. The first-order valence-corrected chi connectivity index (χ1v) is 8.82. The Bertz CT molecular complexity index is 684. The smallest absolute Gasteiger partial charge is 0.387 e. The SMILES string of the molecule is Cc1cccc(OC(F)F)c1NC(=O)NCCCSc1ccccc1. The summed E-state index contributed by atoms with van der Waals surface area (Å²) in [6.07, 6.45) is 0.793. The minimum absolute atomic E-state index is 0.0511. The van der Waals surface area contributed by atoms with Gasteiger partial charge in [0.1, 0.15) is 5.75 Å². The highest BCUT2D eigenvalue weighted by molar-refractivity contribution is 7.99. The number of halogens is 2. The van der Waals surface area contributed by atoms with Gasteiger partial charge in [-0.2, -0.15) is 8.78 Å². The Morgan fingerprint density at radius 2 is 1.92 bits per heavy atom. The Morgan fingerprint density at radius 3 is 2.64 bits per heavy atom. The second kappa shape index (κ2) is 9.88. The molecule has 134 valence electrons. The quantitative estimate of drug-likeness (QED) is 0.516. The average molecular weight is 366 g/mol. The van der Waals surface area contributed by atoms with Crippen molar-refractivity contribution in [2.24, 2.45) is 0 Å². The van der Waals surface area contributed by atoms with Crippen LogP contribution in [-0.2, 0) is 0 Å². The number of thioether (sulfide) groups is 1. The number of benzene rings is 2. The van der Waals surface area contributed by atoms with Crippen LogP contribution in [0.3, 0.4) is 0 Å². The number of alkyl halides is 2. The summed E-state index contributed by atoms with van der Waals surface area (Å²) in [6.45, 7) is -0.743. The van der Waals surface area contributed by atoms with Crippen LogP contribution in [0.2, 0.25) is 0 Å². The van der Waals surface area contributed by atoms with Crippen molar-refractivity contribution < 1.29 is 18.3 Å². The van der Waals surface area contributed by atoms with Gasteiger partial charge in [-0.3, -0.25) is 0 Å². The molecule has 4 nitrogen and oxygen atoms in total. The van der Waals surface area contributed by atoms with E-state index in [0.717, 1.165) is 12.2 Å². The van der Waals surface area contributed by atoms with Crippen LogP contribution < -0.4 is 15.4 Å². The van der Waals surface area contributed by atoms with Gasteiger partial charge in [0.05, 0.1) is 5.69 Å². The van der Waals surface area contributed by atoms with E-state index in [1.165, 1.54) is 11.0 Å². The van der Waals surface area contributed by atoms with E-state index in [0.29, 0.717) is 12.1 Å². The molecule has 0 aromatic heterocycles. The van der Waals surface area contributed by atoms with Crippen LogP contribution in [0.4, 0.5) is 19.3 Å². The first-order valence-electron chi connectivity index (χ1n) is 7.83. The van der Waals surface area contributed by atoms with Gasteiger partial charge in [0, 0.05) is 11.4 Å². The minimum atomic E-state index is -2.94. The molecule has 0 fully saturated rings. The number of rotatable bonds is 8. The molecule has 0 saturated heterocycles. The number of urea groups is 1. The number of hydrogen-bond donors (Lipinski definition) is 2. The zero-order valence-corrected chi connectivity index (χ0v) is 14.6. The van der Waals surface area contributed by atoms with Crippen LogP contribution in [-0.4, -0.2) is 24.9 Å². The molecular formula is C18H20F2N2O2S. The number of carbonyl (C=O) groups is 1. The third kappa shape index (κ3) is 6.62. The minimum Gasteiger partial charge on any atom is -0.433 e. The second-order valence-electron chi connectivity index (χ2n) is 5.22. The van der Waals surface area contributed by atoms with Crippen molar-refractivity contribution in [1.82, 2.24) is 5.32 Å². The van der Waals surface area contributed by atoms with E-state index in [9.17, 15) is 13.6 Å². The second-order valence-corrected chi connectivity index (χ2v) is 6.39. The van der Waals surface area contributed by atoms with Crippen molar-refractivity contribution in [1.29, 1.82) is 0 Å². The first-order chi connectivity index (χ1) is 12.1. The summed E-state index contributed by atoms with van der Waals surface area (Å²) in [5, 5.41) is 5.30. The van der Waals surface area contributed by atoms with E-state index in [4.69, 9.17) is 0 Å². The van der Waals surface area contributed by atoms with E-state index in [2.05, 4.69) is 15.4 Å². The molecule has 0 spiro atoms. The van der Waals surface area contributed by atoms with Gasteiger partial charge in [0.15, 0.2) is 0 Å². The van der Waals surface area contributed by atoms with Crippen molar-refractivity contribution in [3.8, 4) is 5.75 Å². The number of nitrogens with one attached hydrogen (secondary N) is 2. The lowest BCUT2D eigenvalue weighted by molar-refractivity contribution is -0.0493. The topological polar surface area (TPSA) is 50.4 Å². The van der Waals surface area contributed by atoms with E-state index >= 15 is 0 Å². The van der Waals surface area contributed by atoms with Gasteiger partial charge in [0.25, 0.3) is 0 Å². The monoisotopic (exact) mass is 366 g/mol. The molecule has 2 rings (SSSR count). The molecule has 0 heterocycles. The number of ether oxygens (including phenoxy) is 1. The summed E-state index contributed by atoms with van der Waals surface area (Å²) < 4.78 is 29.3. The van der Waals surface area contributed by atoms with Crippen LogP contribution in [0.15, 0.2) is 53.4 Å². The van der Waals surface area contributed by atoms with Crippen LogP contribution in [0, 0.1) is 6.92 Å². The molecular weight excluding hydrogens is 346 g/mol. The maximum Gasteiger partial charge on any atom is 0.387 e. The first kappa shape index (κ1) is 19.1. The van der Waals surface area contributed by atoms with Crippen LogP contribution in [0.5, 0.6) is 5.75 Å². The van der Waals surface area contributed by atoms with Gasteiger partial charge < -0.3 is 15.4 Å². The summed E-state index contributed by atoms with van der Waals surface area (Å²) in [5.74, 6) is 0.818. The lowest BCUT2D eigenvalue weighted by atomic mass is 10.2. The lowest BCUT2D eigenvalue weighted by Crippen LogP contribution is -2.30. The van der Waals surface area contributed by atoms with Gasteiger partial charge in [-0.15, -0.1) is 11.8 Å². The predicted molar refractivity (Wildman–Crippen MR) is 96.6 cm³/mol. The summed E-state index contributed by atoms with van der Waals surface area (Å²) in [5.41, 5.74) is 0.895. The zero-order chi connectivity index (χ0) is 18.1. The van der Waals surface area contributed by atoms with Gasteiger partial charge in [-0.05, 0) is 42.9 Å². The van der Waals surface area contributed by atoms with Crippen molar-refractivity contribution in [3.05, 3.63) is 54.1 Å². The van der Waals surface area contributed by atoms with Gasteiger partial charge >= 0.3 is 12.6 Å². The molecule has 0 saturated carbocycles. The highest BCUT2D eigenvalue weighted by atomic mass is 32.2. The number of carbonyl (C=O) groups excluding carboxylic acids is 1. The van der Waals surface area contributed by atoms with Crippen molar-refractivity contribution in [3.63, 3.8) is 0 Å². The molecule has 0 aliphatic rings. The Kier molecular flexibility index (Phi) is 7.53. The third-order valence-electron chi connectivity index (χ3n) is 3.31. The van der Waals surface area contributed by atoms with E-state index < -0.39 is 12.6 Å². The lowest BCUT2D eigenvalue weighted by Gasteiger charge is -2.14. The molecule has 0 atom stereocenters. The number of para-hydroxylation sites is 1. The fraction of sp³-hybridized carbons (Fsp3) is 0.278. The normalized spacial score (nSPS) is 10.6. The molecule has 2 amide bonds. The largest absolute Gasteiger partial charge is 0.433 e. The molecule has 0 radical (unpaired) electrons. The standard InChI is InChI=1S/C18H20F2N2O2S/c1-13-7-5-10-15(24-17(19)20)16(13)22-18(23)21-11-6-12-25-14-8-3-2-4-9-14/h2-5,7-10,17H,6,11-12H2,1H3,(H2,21,22,23). The fourth-order valence-electron chi connectivity index (χ4n) is 2.13. The molecule has 2 N–H and O–H groups in total. The Hall–Kier alpha value is -2.28. The maximum absolute atomic E-state index is 12.4. The van der Waals surface area contributed by atoms with Gasteiger partial charge in [-0.25, -0.2) is 4.79 Å². The zero-order valence-electron chi connectivity index (χ0n) is 13.8. The summed E-state index contributed by atoms with van der Waals surface area (Å²) in [7, 11) is 0. The van der Waals surface area contributed by atoms with E-state index in [1.54, 1.807) is 30.8 Å². The molecule has 0 unspecified atom stereocenters. The highest BCUT2D eigenvalue weighted by Crippen LogP contribution is 2.29. The average Bonchev–Trinajstić information content (AvgIpc) is 2.58. The molecule has 2 aromatic rings. The van der Waals surface area contributed by atoms with Crippen LogP contribution in [0.25, 0.3) is 0 Å². The molecule has 0 aliphatic heterocycles. The Morgan fingerprint density at radius 1 is 1.16 bits per heavy atom. The number of anilines is 1. The van der Waals surface area contributed by atoms with Crippen molar-refractivity contribution >= 4 is 23.5 Å². The molecule has 0 bridgehead atoms. The van der Waals surface area contributed by atoms with Crippen LogP contribution in [0.1, 0.15) is 12.0 Å². The predicted octanol–water partition coefficient (Wildman–Crippen LogP) is 4.90. The van der Waals surface area contributed by atoms with Gasteiger partial charge in [-0.1, -0.05) is 30.3 Å². The number of hydrogen-bond acceptors (Lipinski definition) is 3. The summed E-state index contributed by atoms with van der Waals surface area (Å²) >= 11 is 1.71. The van der Waals surface area contributed by atoms with Crippen molar-refractivity contribution in [2.75, 3.05) is 17.6 Å². The molecule has 0 aliphatic carbocycles. The number of aryl methyl sites for hydroxylation is 1. The summed E-state index contributed by atoms with van der Waals surface area (Å²) in [4.78, 5) is 13.1. The van der Waals surface area contributed by atoms with E-state index in [-0.39, 0.29) is 11.4 Å². The Labute approximate surface area is 150 Å². The van der Waals surface area contributed by atoms with Gasteiger partial charge in [0.2, 0.25) is 0 Å². The highest BCUT2D eigenvalue weighted by Gasteiger charge is 2.13. The maximum atomic E-state index is 12.4. The number of amides is 2. The van der Waals surface area contributed by atoms with E-state index in [1.807, 2.05) is 30.3 Å². The third-order valence-corrected chi connectivity index (χ3v) is 4.41. The van der Waals surface area contributed by atoms with Crippen LogP contribution >= 0.6 is 11.8 Å². The van der Waals surface area contributed by atoms with Crippen molar-refractivity contribution in [2.45, 2.75) is 24.9 Å². The Balaban J connectivity index is 1.77. The summed E-state index contributed by atoms with van der Waals surface area (Å²) in [6, 6.07) is 14.3. The fourth-order valence-corrected chi connectivity index (χ4v) is 3.01.